The molecule has 0 saturated heterocycles. The molecule has 0 spiro atoms. The van der Waals surface area contributed by atoms with Crippen LogP contribution in [0.5, 0.6) is 0 Å². The van der Waals surface area contributed by atoms with Crippen LogP contribution in [0.25, 0.3) is 26.8 Å². The second kappa shape index (κ2) is 9.44. The number of aryl methyl sites for hydroxylation is 1. The van der Waals surface area contributed by atoms with Crippen molar-refractivity contribution in [1.82, 2.24) is 15.0 Å². The quantitative estimate of drug-likeness (QED) is 0.194. The van der Waals surface area contributed by atoms with E-state index in [1.165, 1.54) is 11.6 Å². The average Bonchev–Trinajstić information content (AvgIpc) is 3.44. The second-order valence-electron chi connectivity index (χ2n) is 8.07. The number of nitro groups is 1. The van der Waals surface area contributed by atoms with Gasteiger partial charge in [-0.15, -0.1) is 21.5 Å². The fraction of sp³-hybridized carbons (Fsp3) is 0.160. The van der Waals surface area contributed by atoms with Crippen LogP contribution in [-0.4, -0.2) is 25.8 Å². The number of halogens is 1. The summed E-state index contributed by atoms with van der Waals surface area (Å²) < 4.78 is 0.367. The molecule has 0 unspecified atom stereocenters. The summed E-state index contributed by atoms with van der Waals surface area (Å²) in [6.45, 7) is 2.17. The van der Waals surface area contributed by atoms with Gasteiger partial charge in [0.1, 0.15) is 20.6 Å². The monoisotopic (exact) mass is 505 g/mol. The van der Waals surface area contributed by atoms with Crippen molar-refractivity contribution in [2.75, 3.05) is 5.32 Å². The molecule has 10 heteroatoms. The van der Waals surface area contributed by atoms with Gasteiger partial charge in [-0.1, -0.05) is 49.2 Å². The van der Waals surface area contributed by atoms with E-state index in [-0.39, 0.29) is 15.6 Å². The van der Waals surface area contributed by atoms with Gasteiger partial charge in [-0.25, -0.2) is 0 Å². The van der Waals surface area contributed by atoms with Crippen LogP contribution in [0, 0.1) is 10.1 Å². The highest BCUT2D eigenvalue weighted by Crippen LogP contribution is 2.40. The molecule has 35 heavy (non-hydrogen) atoms. The molecular weight excluding hydrogens is 486 g/mol. The van der Waals surface area contributed by atoms with Crippen molar-refractivity contribution in [2.24, 2.45) is 0 Å². The number of fused-ring (bicyclic) bond motifs is 2. The smallest absolute Gasteiger partial charge is 0.287 e. The topological polar surface area (TPSA) is 103 Å². The number of nitrogens with zero attached hydrogens (tertiary/aromatic N) is 4. The maximum absolute atomic E-state index is 13.0. The molecule has 2 heterocycles. The molecule has 5 aromatic rings. The van der Waals surface area contributed by atoms with Gasteiger partial charge in [0.2, 0.25) is 0 Å². The van der Waals surface area contributed by atoms with Crippen LogP contribution in [0.2, 0.25) is 5.02 Å². The molecular formula is C25H20ClN5O3S. The first kappa shape index (κ1) is 22.9. The summed E-state index contributed by atoms with van der Waals surface area (Å²) in [5.74, 6) is -0.445. The first-order chi connectivity index (χ1) is 16.9. The van der Waals surface area contributed by atoms with E-state index >= 15 is 0 Å². The maximum Gasteiger partial charge on any atom is 0.287 e. The lowest BCUT2D eigenvalue weighted by atomic mass is 10.1. The highest BCUT2D eigenvalue weighted by molar-refractivity contribution is 7.22. The lowest BCUT2D eigenvalue weighted by Gasteiger charge is -2.03. The number of non-ortho nitro benzene ring substituents is 1. The fourth-order valence-corrected chi connectivity index (χ4v) is 5.33. The van der Waals surface area contributed by atoms with Gasteiger partial charge < -0.3 is 5.32 Å². The predicted octanol–water partition coefficient (Wildman–Crippen LogP) is 6.79. The van der Waals surface area contributed by atoms with Gasteiger partial charge in [-0.2, -0.15) is 4.80 Å². The van der Waals surface area contributed by atoms with Gasteiger partial charge in [0, 0.05) is 17.1 Å². The van der Waals surface area contributed by atoms with Gasteiger partial charge >= 0.3 is 0 Å². The normalized spacial score (nSPS) is 11.3. The Bertz CT molecular complexity index is 1580. The molecule has 0 atom stereocenters. The van der Waals surface area contributed by atoms with Crippen molar-refractivity contribution in [3.8, 4) is 5.69 Å². The summed E-state index contributed by atoms with van der Waals surface area (Å²) in [6.07, 6.45) is 3.36. The van der Waals surface area contributed by atoms with Crippen LogP contribution >= 0.6 is 22.9 Å². The lowest BCUT2D eigenvalue weighted by molar-refractivity contribution is -0.382. The number of nitrogens with one attached hydrogen (secondary N) is 1. The zero-order valence-corrected chi connectivity index (χ0v) is 20.3. The molecule has 2 aromatic heterocycles. The van der Waals surface area contributed by atoms with Crippen LogP contribution in [-0.2, 0) is 6.42 Å². The van der Waals surface area contributed by atoms with Crippen molar-refractivity contribution < 1.29 is 9.72 Å². The van der Waals surface area contributed by atoms with Gasteiger partial charge in [0.05, 0.1) is 15.6 Å². The third-order valence-corrected chi connectivity index (χ3v) is 7.39. The van der Waals surface area contributed by atoms with Crippen molar-refractivity contribution in [2.45, 2.75) is 26.2 Å². The van der Waals surface area contributed by atoms with Crippen molar-refractivity contribution in [1.29, 1.82) is 0 Å². The average molecular weight is 506 g/mol. The molecule has 0 saturated carbocycles. The van der Waals surface area contributed by atoms with Crippen LogP contribution in [0.4, 0.5) is 11.4 Å². The lowest BCUT2D eigenvalue weighted by Crippen LogP contribution is -2.10. The molecule has 8 nitrogen and oxygen atoms in total. The Morgan fingerprint density at radius 1 is 1.11 bits per heavy atom. The number of hydrogen-bond acceptors (Lipinski definition) is 6. The van der Waals surface area contributed by atoms with Gasteiger partial charge in [0.15, 0.2) is 0 Å². The number of thiophene rings is 1. The summed E-state index contributed by atoms with van der Waals surface area (Å²) in [4.78, 5) is 25.6. The zero-order valence-electron chi connectivity index (χ0n) is 18.7. The molecule has 0 aliphatic rings. The minimum atomic E-state index is -0.479. The minimum Gasteiger partial charge on any atom is -0.321 e. The molecule has 3 aromatic carbocycles. The third kappa shape index (κ3) is 4.48. The number of hydrogen-bond donors (Lipinski definition) is 1. The van der Waals surface area contributed by atoms with Crippen molar-refractivity contribution in [3.63, 3.8) is 0 Å². The first-order valence-electron chi connectivity index (χ1n) is 11.1. The maximum atomic E-state index is 13.0. The molecule has 0 radical (unpaired) electrons. The number of unbranched alkanes of at least 4 members (excludes halogenated alkanes) is 1. The highest BCUT2D eigenvalue weighted by atomic mass is 35.5. The predicted molar refractivity (Wildman–Crippen MR) is 139 cm³/mol. The summed E-state index contributed by atoms with van der Waals surface area (Å²) in [6, 6.07) is 18.0. The first-order valence-corrected chi connectivity index (χ1v) is 12.3. The number of rotatable bonds is 7. The Kier molecular flexibility index (Phi) is 6.19. The number of carbonyl (C=O) groups is 1. The summed E-state index contributed by atoms with van der Waals surface area (Å²) in [5.41, 5.74) is 3.88. The molecule has 5 rings (SSSR count). The number of aromatic nitrogens is 3. The van der Waals surface area contributed by atoms with Gasteiger partial charge in [0.25, 0.3) is 11.6 Å². The SMILES string of the molecule is CCCCc1ccc(-n2nc3ccc(NC(=O)c4sc5c([N+](=O)[O-])cccc5c4Cl)cc3n2)cc1. The molecule has 1 N–H and O–H groups in total. The fourth-order valence-electron chi connectivity index (χ4n) is 3.84. The molecule has 0 aliphatic heterocycles. The van der Waals surface area contributed by atoms with E-state index < -0.39 is 10.8 Å². The van der Waals surface area contributed by atoms with Crippen LogP contribution in [0.3, 0.4) is 0 Å². The number of benzene rings is 3. The van der Waals surface area contributed by atoms with Crippen LogP contribution < -0.4 is 5.32 Å². The number of nitro benzene ring substituents is 1. The number of carbonyl (C=O) groups excluding carboxylic acids is 1. The van der Waals surface area contributed by atoms with Crippen molar-refractivity contribution in [3.05, 3.63) is 86.2 Å². The van der Waals surface area contributed by atoms with E-state index in [4.69, 9.17) is 11.6 Å². The molecule has 0 bridgehead atoms. The van der Waals surface area contributed by atoms with Crippen LogP contribution in [0.1, 0.15) is 35.0 Å². The Balaban J connectivity index is 1.39. The molecule has 0 aliphatic carbocycles. The number of amides is 1. The van der Waals surface area contributed by atoms with E-state index in [9.17, 15) is 14.9 Å². The van der Waals surface area contributed by atoms with E-state index in [1.807, 2.05) is 12.1 Å². The zero-order chi connectivity index (χ0) is 24.5. The van der Waals surface area contributed by atoms with Crippen LogP contribution in [0.15, 0.2) is 60.7 Å². The molecule has 176 valence electrons. The van der Waals surface area contributed by atoms with Gasteiger partial charge in [-0.3, -0.25) is 14.9 Å². The Labute approximate surface area is 209 Å². The van der Waals surface area contributed by atoms with E-state index in [0.29, 0.717) is 26.8 Å². The Morgan fingerprint density at radius 3 is 2.63 bits per heavy atom. The second-order valence-corrected chi connectivity index (χ2v) is 9.47. The number of anilines is 1. The van der Waals surface area contributed by atoms with E-state index in [2.05, 4.69) is 34.6 Å². The largest absolute Gasteiger partial charge is 0.321 e. The summed E-state index contributed by atoms with van der Waals surface area (Å²) >= 11 is 7.40. The van der Waals surface area contributed by atoms with Gasteiger partial charge in [-0.05, 0) is 48.7 Å². The molecule has 0 fully saturated rings. The van der Waals surface area contributed by atoms with Crippen molar-refractivity contribution >= 4 is 61.3 Å². The third-order valence-electron chi connectivity index (χ3n) is 5.66. The summed E-state index contributed by atoms with van der Waals surface area (Å²) in [7, 11) is 0. The minimum absolute atomic E-state index is 0.0788. The Hall–Kier alpha value is -3.82. The standard InChI is InChI=1S/C25H20ClN5O3S/c1-2-3-5-15-8-11-17(12-9-15)30-28-19-13-10-16(14-20(19)29-30)27-25(32)24-22(26)18-6-4-7-21(31(33)34)23(18)35-24/h4,6-14H,2-3,5H2,1H3,(H,27,32). The molecule has 1 amide bonds. The Morgan fingerprint density at radius 2 is 1.89 bits per heavy atom. The van der Waals surface area contributed by atoms with E-state index in [0.717, 1.165) is 36.3 Å². The van der Waals surface area contributed by atoms with E-state index in [1.54, 1.807) is 35.1 Å². The summed E-state index contributed by atoms with van der Waals surface area (Å²) in [5, 5.41) is 23.9. The highest BCUT2D eigenvalue weighted by Gasteiger charge is 2.23.